The Balaban J connectivity index is 1.55. The van der Waals surface area contributed by atoms with Crippen molar-refractivity contribution in [2.75, 3.05) is 40.5 Å². The van der Waals surface area contributed by atoms with Crippen molar-refractivity contribution >= 4 is 29.8 Å². The summed E-state index contributed by atoms with van der Waals surface area (Å²) in [6.07, 6.45) is 7.05. The van der Waals surface area contributed by atoms with E-state index in [-0.39, 0.29) is 31.2 Å². The minimum Gasteiger partial charge on any atom is -0.493 e. The van der Waals surface area contributed by atoms with Crippen molar-refractivity contribution in [1.29, 1.82) is 0 Å². The average Bonchev–Trinajstić information content (AvgIpc) is 3.45. The molecule has 0 aromatic heterocycles. The number of methoxy groups -OCH3 is 2. The van der Waals surface area contributed by atoms with Crippen LogP contribution in [0.2, 0.25) is 0 Å². The molecular formula is C28H31NO8. The van der Waals surface area contributed by atoms with E-state index in [1.807, 2.05) is 0 Å². The SMILES string of the molecule is COc1cc(/C=C/C(=O)CC(=O)/C=C/c2ccc(OC(=O)N3CCCC3)c(OC)c2)ccc1OCCO. The van der Waals surface area contributed by atoms with E-state index in [1.54, 1.807) is 53.5 Å². The smallest absolute Gasteiger partial charge is 0.415 e. The van der Waals surface area contributed by atoms with E-state index in [0.717, 1.165) is 12.8 Å². The van der Waals surface area contributed by atoms with Gasteiger partial charge in [-0.2, -0.15) is 0 Å². The van der Waals surface area contributed by atoms with Crippen molar-refractivity contribution in [2.45, 2.75) is 19.3 Å². The fourth-order valence-corrected chi connectivity index (χ4v) is 3.66. The van der Waals surface area contributed by atoms with Gasteiger partial charge in [0.2, 0.25) is 0 Å². The maximum absolute atomic E-state index is 12.3. The Bertz CT molecular complexity index is 1160. The van der Waals surface area contributed by atoms with Crippen LogP contribution in [-0.2, 0) is 9.59 Å². The van der Waals surface area contributed by atoms with Crippen molar-refractivity contribution in [3.63, 3.8) is 0 Å². The second-order valence-corrected chi connectivity index (χ2v) is 8.23. The van der Waals surface area contributed by atoms with Crippen LogP contribution in [0, 0.1) is 0 Å². The summed E-state index contributed by atoms with van der Waals surface area (Å²) in [7, 11) is 2.96. The monoisotopic (exact) mass is 509 g/mol. The fraction of sp³-hybridized carbons (Fsp3) is 0.321. The number of aliphatic hydroxyl groups excluding tert-OH is 1. The van der Waals surface area contributed by atoms with Crippen molar-refractivity contribution in [3.05, 3.63) is 59.7 Å². The average molecular weight is 510 g/mol. The van der Waals surface area contributed by atoms with E-state index in [2.05, 4.69) is 0 Å². The lowest BCUT2D eigenvalue weighted by atomic mass is 10.1. The lowest BCUT2D eigenvalue weighted by Gasteiger charge is -2.16. The number of hydrogen-bond acceptors (Lipinski definition) is 8. The number of aliphatic hydroxyl groups is 1. The predicted octanol–water partition coefficient (Wildman–Crippen LogP) is 3.92. The zero-order chi connectivity index (χ0) is 26.6. The van der Waals surface area contributed by atoms with E-state index >= 15 is 0 Å². The Hall–Kier alpha value is -4.11. The van der Waals surface area contributed by atoms with Crippen LogP contribution in [0.4, 0.5) is 4.79 Å². The van der Waals surface area contributed by atoms with Crippen LogP contribution in [0.25, 0.3) is 12.2 Å². The summed E-state index contributed by atoms with van der Waals surface area (Å²) < 4.78 is 21.4. The molecule has 1 heterocycles. The largest absolute Gasteiger partial charge is 0.493 e. The van der Waals surface area contributed by atoms with Gasteiger partial charge in [-0.05, 0) is 60.4 Å². The molecule has 1 N–H and O–H groups in total. The van der Waals surface area contributed by atoms with Gasteiger partial charge in [0.25, 0.3) is 0 Å². The van der Waals surface area contributed by atoms with Gasteiger partial charge in [-0.15, -0.1) is 0 Å². The molecule has 2 aromatic rings. The van der Waals surface area contributed by atoms with Crippen molar-refractivity contribution in [1.82, 2.24) is 4.90 Å². The van der Waals surface area contributed by atoms with Crippen LogP contribution in [0.1, 0.15) is 30.4 Å². The van der Waals surface area contributed by atoms with Gasteiger partial charge in [0, 0.05) is 13.1 Å². The number of likely N-dealkylation sites (tertiary alicyclic amines) is 1. The molecule has 0 bridgehead atoms. The summed E-state index contributed by atoms with van der Waals surface area (Å²) in [5.41, 5.74) is 1.35. The Morgan fingerprint density at radius 1 is 0.838 bits per heavy atom. The van der Waals surface area contributed by atoms with E-state index < -0.39 is 6.09 Å². The van der Waals surface area contributed by atoms with Crippen LogP contribution in [0.5, 0.6) is 23.0 Å². The standard InChI is InChI=1S/C28H31NO8/c1-34-26-17-20(7-11-24(26)36-16-15-30)5-9-22(31)19-23(32)10-6-21-8-12-25(27(18-21)35-2)37-28(33)29-13-3-4-14-29/h5-12,17-18,30H,3-4,13-16,19H2,1-2H3/b9-5+,10-6+. The van der Waals surface area contributed by atoms with Gasteiger partial charge < -0.3 is 29.0 Å². The molecule has 0 saturated carbocycles. The van der Waals surface area contributed by atoms with Gasteiger partial charge in [0.15, 0.2) is 34.6 Å². The molecule has 0 unspecified atom stereocenters. The molecule has 1 aliphatic heterocycles. The summed E-state index contributed by atoms with van der Waals surface area (Å²) in [5.74, 6) is 0.903. The predicted molar refractivity (Wildman–Crippen MR) is 138 cm³/mol. The number of ether oxygens (including phenoxy) is 4. The van der Waals surface area contributed by atoms with E-state index in [4.69, 9.17) is 24.1 Å². The highest BCUT2D eigenvalue weighted by Gasteiger charge is 2.21. The molecule has 0 spiro atoms. The highest BCUT2D eigenvalue weighted by molar-refractivity contribution is 6.10. The first-order valence-corrected chi connectivity index (χ1v) is 11.9. The van der Waals surface area contributed by atoms with Crippen LogP contribution >= 0.6 is 0 Å². The third-order valence-electron chi connectivity index (χ3n) is 5.56. The molecule has 1 amide bonds. The van der Waals surface area contributed by atoms with Crippen molar-refractivity contribution < 1.29 is 38.4 Å². The van der Waals surface area contributed by atoms with Crippen molar-refractivity contribution in [2.24, 2.45) is 0 Å². The fourth-order valence-electron chi connectivity index (χ4n) is 3.66. The number of nitrogens with zero attached hydrogens (tertiary/aromatic N) is 1. The van der Waals surface area contributed by atoms with Gasteiger partial charge in [-0.1, -0.05) is 24.3 Å². The second kappa shape index (κ2) is 13.8. The zero-order valence-electron chi connectivity index (χ0n) is 21.0. The lowest BCUT2D eigenvalue weighted by molar-refractivity contribution is -0.121. The number of carbonyl (C=O) groups is 3. The first-order valence-electron chi connectivity index (χ1n) is 11.9. The number of carbonyl (C=O) groups excluding carboxylic acids is 3. The first-order chi connectivity index (χ1) is 17.9. The summed E-state index contributed by atoms with van der Waals surface area (Å²) >= 11 is 0. The summed E-state index contributed by atoms with van der Waals surface area (Å²) in [6, 6.07) is 10.1. The molecule has 2 aromatic carbocycles. The highest BCUT2D eigenvalue weighted by Crippen LogP contribution is 2.30. The van der Waals surface area contributed by atoms with Gasteiger partial charge in [0.1, 0.15) is 6.61 Å². The third-order valence-corrected chi connectivity index (χ3v) is 5.56. The number of benzene rings is 2. The van der Waals surface area contributed by atoms with Crippen LogP contribution in [-0.4, -0.2) is 68.2 Å². The number of rotatable bonds is 12. The topological polar surface area (TPSA) is 112 Å². The van der Waals surface area contributed by atoms with E-state index in [9.17, 15) is 14.4 Å². The van der Waals surface area contributed by atoms with Crippen LogP contribution in [0.15, 0.2) is 48.6 Å². The van der Waals surface area contributed by atoms with Gasteiger partial charge in [-0.25, -0.2) is 4.79 Å². The molecule has 196 valence electrons. The highest BCUT2D eigenvalue weighted by atomic mass is 16.6. The maximum atomic E-state index is 12.3. The summed E-state index contributed by atoms with van der Waals surface area (Å²) in [5, 5.41) is 8.89. The number of amides is 1. The minimum atomic E-state index is -0.412. The Morgan fingerprint density at radius 2 is 1.38 bits per heavy atom. The summed E-state index contributed by atoms with van der Waals surface area (Å²) in [6.45, 7) is 1.38. The quantitative estimate of drug-likeness (QED) is 0.339. The van der Waals surface area contributed by atoms with Crippen molar-refractivity contribution in [3.8, 4) is 23.0 Å². The molecule has 1 saturated heterocycles. The molecule has 9 heteroatoms. The third kappa shape index (κ3) is 8.22. The Morgan fingerprint density at radius 3 is 1.92 bits per heavy atom. The number of ketones is 2. The second-order valence-electron chi connectivity index (χ2n) is 8.23. The normalized spacial score (nSPS) is 13.2. The van der Waals surface area contributed by atoms with Gasteiger partial charge in [-0.3, -0.25) is 9.59 Å². The zero-order valence-corrected chi connectivity index (χ0v) is 21.0. The van der Waals surface area contributed by atoms with E-state index in [1.165, 1.54) is 26.4 Å². The number of allylic oxidation sites excluding steroid dienone is 2. The molecule has 3 rings (SSSR count). The molecule has 1 fully saturated rings. The lowest BCUT2D eigenvalue weighted by Crippen LogP contribution is -2.30. The molecule has 37 heavy (non-hydrogen) atoms. The van der Waals surface area contributed by atoms with Gasteiger partial charge in [0.05, 0.1) is 27.2 Å². The molecule has 9 nitrogen and oxygen atoms in total. The van der Waals surface area contributed by atoms with E-state index in [0.29, 0.717) is 47.2 Å². The molecule has 0 atom stereocenters. The van der Waals surface area contributed by atoms with Gasteiger partial charge >= 0.3 is 6.09 Å². The Labute approximate surface area is 215 Å². The van der Waals surface area contributed by atoms with Crippen LogP contribution < -0.4 is 18.9 Å². The Kier molecular flexibility index (Phi) is 10.3. The minimum absolute atomic E-state index is 0.116. The molecule has 0 radical (unpaired) electrons. The molecule has 1 aliphatic rings. The van der Waals surface area contributed by atoms with Crippen LogP contribution in [0.3, 0.4) is 0 Å². The molecule has 0 aliphatic carbocycles. The maximum Gasteiger partial charge on any atom is 0.415 e. The molecular weight excluding hydrogens is 478 g/mol. The summed E-state index contributed by atoms with van der Waals surface area (Å²) in [4.78, 5) is 38.4. The first kappa shape index (κ1) is 27.5. The number of hydrogen-bond donors (Lipinski definition) is 1.